The molecule has 8 nitrogen and oxygen atoms in total. The second kappa shape index (κ2) is 8.97. The largest absolute Gasteiger partial charge is 0.438 e. The highest BCUT2D eigenvalue weighted by atomic mass is 35.5. The van der Waals surface area contributed by atoms with Gasteiger partial charge in [-0.05, 0) is 60.7 Å². The molecule has 0 spiro atoms. The maximum absolute atomic E-state index is 12.2. The van der Waals surface area contributed by atoms with Crippen LogP contribution in [0.5, 0.6) is 11.6 Å². The van der Waals surface area contributed by atoms with E-state index in [0.29, 0.717) is 39.1 Å². The van der Waals surface area contributed by atoms with Crippen molar-refractivity contribution in [1.29, 1.82) is 0 Å². The van der Waals surface area contributed by atoms with Crippen LogP contribution in [0.2, 0.25) is 5.02 Å². The molecule has 2 N–H and O–H groups in total. The monoisotopic (exact) mass is 456 g/mol. The molecular formula is C24H17ClN6O2. The minimum atomic E-state index is -0.331. The number of aromatic nitrogens is 4. The number of para-hydroxylation sites is 1. The molecule has 0 bridgehead atoms. The number of urea groups is 1. The molecule has 3 aromatic carbocycles. The number of benzene rings is 3. The van der Waals surface area contributed by atoms with Crippen LogP contribution in [0.4, 0.5) is 16.2 Å². The Labute approximate surface area is 193 Å². The van der Waals surface area contributed by atoms with Gasteiger partial charge in [0, 0.05) is 16.4 Å². The Morgan fingerprint density at radius 1 is 0.848 bits per heavy atom. The number of halogens is 1. The Morgan fingerprint density at radius 2 is 1.55 bits per heavy atom. The first kappa shape index (κ1) is 20.5. The summed E-state index contributed by atoms with van der Waals surface area (Å²) >= 11 is 5.98. The van der Waals surface area contributed by atoms with Crippen LogP contribution in [0, 0.1) is 0 Å². The minimum Gasteiger partial charge on any atom is -0.438 e. The van der Waals surface area contributed by atoms with E-state index in [1.54, 1.807) is 47.3 Å². The average Bonchev–Trinajstić information content (AvgIpc) is 3.27. The number of anilines is 2. The van der Waals surface area contributed by atoms with Crippen LogP contribution < -0.4 is 15.4 Å². The molecule has 0 unspecified atom stereocenters. The van der Waals surface area contributed by atoms with Gasteiger partial charge < -0.3 is 15.4 Å². The van der Waals surface area contributed by atoms with Crippen LogP contribution in [-0.4, -0.2) is 25.8 Å². The van der Waals surface area contributed by atoms with Gasteiger partial charge in [-0.25, -0.2) is 19.4 Å². The molecule has 0 fully saturated rings. The quantitative estimate of drug-likeness (QED) is 0.343. The second-order valence-corrected chi connectivity index (χ2v) is 7.46. The van der Waals surface area contributed by atoms with Crippen molar-refractivity contribution < 1.29 is 9.53 Å². The number of ether oxygens (including phenoxy) is 1. The van der Waals surface area contributed by atoms with Crippen LogP contribution >= 0.6 is 11.6 Å². The van der Waals surface area contributed by atoms with Gasteiger partial charge in [0.2, 0.25) is 5.88 Å². The van der Waals surface area contributed by atoms with Crippen molar-refractivity contribution in [3.63, 3.8) is 0 Å². The first-order chi connectivity index (χ1) is 16.2. The summed E-state index contributed by atoms with van der Waals surface area (Å²) in [5.74, 6) is 0.936. The lowest BCUT2D eigenvalue weighted by atomic mass is 10.3. The van der Waals surface area contributed by atoms with Gasteiger partial charge in [0.25, 0.3) is 0 Å². The molecule has 0 saturated carbocycles. The van der Waals surface area contributed by atoms with Crippen molar-refractivity contribution in [2.75, 3.05) is 10.6 Å². The summed E-state index contributed by atoms with van der Waals surface area (Å²) in [7, 11) is 0. The zero-order chi connectivity index (χ0) is 22.6. The van der Waals surface area contributed by atoms with E-state index in [-0.39, 0.29) is 6.03 Å². The van der Waals surface area contributed by atoms with E-state index in [0.717, 1.165) is 5.69 Å². The first-order valence-corrected chi connectivity index (χ1v) is 10.4. The highest BCUT2D eigenvalue weighted by Gasteiger charge is 2.13. The first-order valence-electron chi connectivity index (χ1n) is 10.0. The lowest BCUT2D eigenvalue weighted by Crippen LogP contribution is -2.19. The van der Waals surface area contributed by atoms with Crippen LogP contribution in [0.25, 0.3) is 16.7 Å². The molecule has 0 saturated heterocycles. The zero-order valence-electron chi connectivity index (χ0n) is 17.1. The minimum absolute atomic E-state index is 0.331. The standard InChI is InChI=1S/C24H17ClN6O2/c25-16-6-10-19(11-7-16)31-22-21(14-28-31)23(27-15-26-22)33-20-12-8-18(9-13-20)30-24(32)29-17-4-2-1-3-5-17/h1-15H,(H2,29,30,32). The summed E-state index contributed by atoms with van der Waals surface area (Å²) in [5, 5.41) is 11.3. The Balaban J connectivity index is 1.31. The van der Waals surface area contributed by atoms with E-state index in [1.165, 1.54) is 6.33 Å². The van der Waals surface area contributed by atoms with E-state index >= 15 is 0 Å². The van der Waals surface area contributed by atoms with Crippen molar-refractivity contribution in [3.05, 3.63) is 96.4 Å². The van der Waals surface area contributed by atoms with Gasteiger partial charge in [-0.1, -0.05) is 29.8 Å². The van der Waals surface area contributed by atoms with Crippen LogP contribution in [0.15, 0.2) is 91.4 Å². The molecule has 0 aliphatic carbocycles. The van der Waals surface area contributed by atoms with Gasteiger partial charge in [-0.3, -0.25) is 0 Å². The molecule has 0 radical (unpaired) electrons. The molecule has 9 heteroatoms. The van der Waals surface area contributed by atoms with Crippen LogP contribution in [-0.2, 0) is 0 Å². The summed E-state index contributed by atoms with van der Waals surface area (Å²) < 4.78 is 7.65. The Kier molecular flexibility index (Phi) is 5.57. The second-order valence-electron chi connectivity index (χ2n) is 7.02. The fourth-order valence-electron chi connectivity index (χ4n) is 3.21. The number of carbonyl (C=O) groups is 1. The molecule has 33 heavy (non-hydrogen) atoms. The molecule has 2 amide bonds. The van der Waals surface area contributed by atoms with Crippen molar-refractivity contribution >= 4 is 40.0 Å². The summed E-state index contributed by atoms with van der Waals surface area (Å²) in [6, 6.07) is 23.2. The fraction of sp³-hybridized carbons (Fsp3) is 0. The van der Waals surface area contributed by atoms with Crippen LogP contribution in [0.1, 0.15) is 0 Å². The van der Waals surface area contributed by atoms with Crippen molar-refractivity contribution in [2.45, 2.75) is 0 Å². The third-order valence-corrected chi connectivity index (χ3v) is 5.01. The van der Waals surface area contributed by atoms with E-state index in [2.05, 4.69) is 25.7 Å². The van der Waals surface area contributed by atoms with E-state index in [9.17, 15) is 4.79 Å². The third-order valence-electron chi connectivity index (χ3n) is 4.76. The van der Waals surface area contributed by atoms with Gasteiger partial charge in [0.15, 0.2) is 5.65 Å². The Morgan fingerprint density at radius 3 is 2.27 bits per heavy atom. The lowest BCUT2D eigenvalue weighted by Gasteiger charge is -2.09. The molecule has 0 atom stereocenters. The number of nitrogens with zero attached hydrogens (tertiary/aromatic N) is 4. The van der Waals surface area contributed by atoms with Crippen molar-refractivity contribution in [3.8, 4) is 17.3 Å². The number of amides is 2. The predicted octanol–water partition coefficient (Wildman–Crippen LogP) is 5.91. The molecular weight excluding hydrogens is 440 g/mol. The molecule has 162 valence electrons. The normalized spacial score (nSPS) is 10.7. The third kappa shape index (κ3) is 4.60. The van der Waals surface area contributed by atoms with Crippen molar-refractivity contribution in [2.24, 2.45) is 0 Å². The molecule has 2 aromatic heterocycles. The fourth-order valence-corrected chi connectivity index (χ4v) is 3.33. The van der Waals surface area contributed by atoms with Crippen molar-refractivity contribution in [1.82, 2.24) is 19.7 Å². The van der Waals surface area contributed by atoms with E-state index < -0.39 is 0 Å². The average molecular weight is 457 g/mol. The molecule has 5 aromatic rings. The highest BCUT2D eigenvalue weighted by Crippen LogP contribution is 2.28. The molecule has 0 aliphatic heterocycles. The Bertz CT molecular complexity index is 1400. The smallest absolute Gasteiger partial charge is 0.323 e. The number of rotatable bonds is 5. The summed E-state index contributed by atoms with van der Waals surface area (Å²) in [6.07, 6.45) is 3.08. The highest BCUT2D eigenvalue weighted by molar-refractivity contribution is 6.30. The SMILES string of the molecule is O=C(Nc1ccccc1)Nc1ccc(Oc2ncnc3c2cnn3-c2ccc(Cl)cc2)cc1. The zero-order valence-corrected chi connectivity index (χ0v) is 17.9. The molecule has 2 heterocycles. The molecule has 0 aliphatic rings. The van der Waals surface area contributed by atoms with Gasteiger partial charge in [0.05, 0.1) is 11.9 Å². The Hall–Kier alpha value is -4.43. The van der Waals surface area contributed by atoms with Gasteiger partial charge in [0.1, 0.15) is 17.5 Å². The van der Waals surface area contributed by atoms with E-state index in [4.69, 9.17) is 16.3 Å². The number of nitrogens with one attached hydrogen (secondary N) is 2. The topological polar surface area (TPSA) is 94.0 Å². The summed E-state index contributed by atoms with van der Waals surface area (Å²) in [4.78, 5) is 20.8. The molecule has 5 rings (SSSR count). The van der Waals surface area contributed by atoms with Gasteiger partial charge in [-0.2, -0.15) is 5.10 Å². The number of carbonyl (C=O) groups excluding carboxylic acids is 1. The number of fused-ring (bicyclic) bond motifs is 1. The lowest BCUT2D eigenvalue weighted by molar-refractivity contribution is 0.262. The van der Waals surface area contributed by atoms with Gasteiger partial charge in [-0.15, -0.1) is 0 Å². The summed E-state index contributed by atoms with van der Waals surface area (Å²) in [6.45, 7) is 0. The maximum Gasteiger partial charge on any atom is 0.323 e. The predicted molar refractivity (Wildman–Crippen MR) is 127 cm³/mol. The number of hydrogen-bond donors (Lipinski definition) is 2. The van der Waals surface area contributed by atoms with Gasteiger partial charge >= 0.3 is 6.03 Å². The van der Waals surface area contributed by atoms with Crippen LogP contribution in [0.3, 0.4) is 0 Å². The summed E-state index contributed by atoms with van der Waals surface area (Å²) in [5.41, 5.74) is 2.77. The number of hydrogen-bond acceptors (Lipinski definition) is 5. The maximum atomic E-state index is 12.2. The van der Waals surface area contributed by atoms with E-state index in [1.807, 2.05) is 42.5 Å².